The molecule has 0 unspecified atom stereocenters. The molecule has 1 N–H and O–H groups in total. The molecule has 0 radical (unpaired) electrons. The topological polar surface area (TPSA) is 107 Å². The van der Waals surface area contributed by atoms with Crippen molar-refractivity contribution in [2.45, 2.75) is 10.1 Å². The lowest BCUT2D eigenvalue weighted by atomic mass is 10.2. The van der Waals surface area contributed by atoms with Crippen LogP contribution >= 0.6 is 23.1 Å². The van der Waals surface area contributed by atoms with Gasteiger partial charge in [-0.2, -0.15) is 4.98 Å². The Bertz CT molecular complexity index is 1230. The van der Waals surface area contributed by atoms with Crippen molar-refractivity contribution in [3.8, 4) is 0 Å². The Morgan fingerprint density at radius 2 is 2.04 bits per heavy atom. The summed E-state index contributed by atoms with van der Waals surface area (Å²) >= 11 is 2.96. The molecule has 0 saturated heterocycles. The number of aryl methyl sites for hydroxylation is 1. The Hall–Kier alpha value is -3.18. The van der Waals surface area contributed by atoms with E-state index in [9.17, 15) is 0 Å². The average Bonchev–Trinajstić information content (AvgIpc) is 3.28. The molecule has 0 spiro atoms. The average molecular weight is 393 g/mol. The summed E-state index contributed by atoms with van der Waals surface area (Å²) in [5, 5.41) is 13.7. The van der Waals surface area contributed by atoms with E-state index in [1.807, 2.05) is 29.8 Å². The third kappa shape index (κ3) is 3.06. The Morgan fingerprint density at radius 3 is 2.89 bits per heavy atom. The number of hydrogen-bond acceptors (Lipinski definition) is 10. The molecule has 1 aromatic carbocycles. The highest BCUT2D eigenvalue weighted by molar-refractivity contribution is 7.99. The Morgan fingerprint density at radius 1 is 1.11 bits per heavy atom. The van der Waals surface area contributed by atoms with Crippen LogP contribution in [0.1, 0.15) is 0 Å². The normalized spacial score (nSPS) is 11.3. The van der Waals surface area contributed by atoms with Crippen molar-refractivity contribution in [1.29, 1.82) is 0 Å². The number of aromatic nitrogens is 8. The molecule has 0 aliphatic carbocycles. The summed E-state index contributed by atoms with van der Waals surface area (Å²) in [4.78, 5) is 23.5. The van der Waals surface area contributed by atoms with Crippen LogP contribution < -0.4 is 5.32 Å². The van der Waals surface area contributed by atoms with Gasteiger partial charge in [0.25, 0.3) is 0 Å². The third-order valence-corrected chi connectivity index (χ3v) is 5.67. The Kier molecular flexibility index (Phi) is 3.87. The van der Waals surface area contributed by atoms with Crippen LogP contribution in [0.25, 0.3) is 21.4 Å². The minimum atomic E-state index is 0.613. The summed E-state index contributed by atoms with van der Waals surface area (Å²) in [6.07, 6.45) is 6.49. The second-order valence-corrected chi connectivity index (χ2v) is 7.58. The van der Waals surface area contributed by atoms with E-state index in [0.29, 0.717) is 16.6 Å². The molecule has 0 amide bonds. The van der Waals surface area contributed by atoms with E-state index in [2.05, 4.69) is 40.4 Å². The zero-order chi connectivity index (χ0) is 18.2. The van der Waals surface area contributed by atoms with Crippen molar-refractivity contribution in [1.82, 2.24) is 39.7 Å². The van der Waals surface area contributed by atoms with E-state index < -0.39 is 0 Å². The monoisotopic (exact) mass is 393 g/mol. The van der Waals surface area contributed by atoms with Crippen molar-refractivity contribution in [2.75, 3.05) is 5.32 Å². The summed E-state index contributed by atoms with van der Waals surface area (Å²) in [5.74, 6) is 0.680. The lowest BCUT2D eigenvalue weighted by molar-refractivity contribution is 0.788. The summed E-state index contributed by atoms with van der Waals surface area (Å²) in [6, 6.07) is 5.99. The maximum Gasteiger partial charge on any atom is 0.195 e. The molecule has 11 heteroatoms. The zero-order valence-electron chi connectivity index (χ0n) is 13.9. The minimum Gasteiger partial charge on any atom is -0.315 e. The fraction of sp³-hybridized carbons (Fsp3) is 0.0625. The predicted octanol–water partition coefficient (Wildman–Crippen LogP) is 3.05. The molecule has 5 rings (SSSR count). The van der Waals surface area contributed by atoms with Crippen LogP contribution in [0.5, 0.6) is 0 Å². The lowest BCUT2D eigenvalue weighted by Crippen LogP contribution is -1.96. The predicted molar refractivity (Wildman–Crippen MR) is 103 cm³/mol. The molecule has 5 aromatic rings. The van der Waals surface area contributed by atoms with Crippen LogP contribution in [-0.4, -0.2) is 39.7 Å². The van der Waals surface area contributed by atoms with Gasteiger partial charge in [0, 0.05) is 29.7 Å². The number of benzene rings is 1. The molecule has 27 heavy (non-hydrogen) atoms. The van der Waals surface area contributed by atoms with E-state index in [1.54, 1.807) is 18.7 Å². The van der Waals surface area contributed by atoms with Gasteiger partial charge in [0.15, 0.2) is 20.8 Å². The van der Waals surface area contributed by atoms with E-state index in [1.165, 1.54) is 29.4 Å². The first-order valence-corrected chi connectivity index (χ1v) is 9.51. The van der Waals surface area contributed by atoms with Crippen LogP contribution in [0.3, 0.4) is 0 Å². The van der Waals surface area contributed by atoms with Crippen molar-refractivity contribution >= 4 is 55.4 Å². The summed E-state index contributed by atoms with van der Waals surface area (Å²) in [7, 11) is 1.91. The van der Waals surface area contributed by atoms with Gasteiger partial charge in [-0.15, -0.1) is 10.2 Å². The van der Waals surface area contributed by atoms with E-state index in [4.69, 9.17) is 0 Å². The van der Waals surface area contributed by atoms with Crippen LogP contribution in [0, 0.1) is 0 Å². The van der Waals surface area contributed by atoms with Crippen LogP contribution in [0.15, 0.2) is 53.3 Å². The maximum absolute atomic E-state index is 4.46. The van der Waals surface area contributed by atoms with Crippen molar-refractivity contribution < 1.29 is 0 Å². The first-order chi connectivity index (χ1) is 13.3. The zero-order valence-corrected chi connectivity index (χ0v) is 15.6. The number of hydrogen-bond donors (Lipinski definition) is 1. The summed E-state index contributed by atoms with van der Waals surface area (Å²) in [6.45, 7) is 0. The van der Waals surface area contributed by atoms with Crippen molar-refractivity contribution in [3.63, 3.8) is 0 Å². The smallest absolute Gasteiger partial charge is 0.195 e. The fourth-order valence-corrected chi connectivity index (χ4v) is 4.07. The van der Waals surface area contributed by atoms with E-state index >= 15 is 0 Å². The van der Waals surface area contributed by atoms with Gasteiger partial charge in [0.05, 0.1) is 5.52 Å². The number of thiazole rings is 1. The quantitative estimate of drug-likeness (QED) is 0.493. The molecule has 0 atom stereocenters. The van der Waals surface area contributed by atoms with E-state index in [-0.39, 0.29) is 0 Å². The second-order valence-electron chi connectivity index (χ2n) is 5.56. The fourth-order valence-electron chi connectivity index (χ4n) is 2.50. The standard InChI is InChI=1S/C16H11N9S2/c1-25-8-21-24-16(25)26-9-2-3-11-10(6-9)12(20-7-19-11)22-15-23-13-14(27-15)18-5-4-17-13/h2-8H,1H3,(H,17,19,20,22,23). The van der Waals surface area contributed by atoms with Crippen LogP contribution in [-0.2, 0) is 7.05 Å². The molecule has 0 saturated carbocycles. The number of rotatable bonds is 4. The minimum absolute atomic E-state index is 0.613. The molecule has 0 aliphatic rings. The van der Waals surface area contributed by atoms with Gasteiger partial charge < -0.3 is 9.88 Å². The first-order valence-electron chi connectivity index (χ1n) is 7.87. The molecule has 0 bridgehead atoms. The van der Waals surface area contributed by atoms with Gasteiger partial charge in [-0.3, -0.25) is 0 Å². The molecule has 132 valence electrons. The highest BCUT2D eigenvalue weighted by Gasteiger charge is 2.11. The van der Waals surface area contributed by atoms with Gasteiger partial charge in [0.2, 0.25) is 0 Å². The first kappa shape index (κ1) is 16.0. The van der Waals surface area contributed by atoms with Crippen LogP contribution in [0.4, 0.5) is 10.9 Å². The SMILES string of the molecule is Cn1cnnc1Sc1ccc2ncnc(Nc3nc4nccnc4s3)c2c1. The molecule has 0 aliphatic heterocycles. The van der Waals surface area contributed by atoms with Gasteiger partial charge in [0.1, 0.15) is 18.5 Å². The number of anilines is 2. The number of nitrogens with one attached hydrogen (secondary N) is 1. The Labute approximate surface area is 161 Å². The summed E-state index contributed by atoms with van der Waals surface area (Å²) in [5.41, 5.74) is 1.45. The van der Waals surface area contributed by atoms with Gasteiger partial charge in [-0.25, -0.2) is 19.9 Å². The molecule has 4 aromatic heterocycles. The summed E-state index contributed by atoms with van der Waals surface area (Å²) < 4.78 is 1.87. The molecule has 4 heterocycles. The largest absolute Gasteiger partial charge is 0.315 e. The molecular formula is C16H11N9S2. The van der Waals surface area contributed by atoms with Gasteiger partial charge >= 0.3 is 0 Å². The van der Waals surface area contributed by atoms with E-state index in [0.717, 1.165) is 25.8 Å². The molecule has 0 fully saturated rings. The van der Waals surface area contributed by atoms with Gasteiger partial charge in [-0.05, 0) is 30.0 Å². The molecule has 9 nitrogen and oxygen atoms in total. The van der Waals surface area contributed by atoms with Crippen LogP contribution in [0.2, 0.25) is 0 Å². The highest BCUT2D eigenvalue weighted by Crippen LogP contribution is 2.32. The van der Waals surface area contributed by atoms with Crippen molar-refractivity contribution in [2.24, 2.45) is 7.05 Å². The highest BCUT2D eigenvalue weighted by atomic mass is 32.2. The third-order valence-electron chi connectivity index (χ3n) is 3.76. The number of fused-ring (bicyclic) bond motifs is 2. The maximum atomic E-state index is 4.46. The van der Waals surface area contributed by atoms with Gasteiger partial charge in [-0.1, -0.05) is 11.3 Å². The molecular weight excluding hydrogens is 382 g/mol. The Balaban J connectivity index is 1.53. The second kappa shape index (κ2) is 6.52. The lowest BCUT2D eigenvalue weighted by Gasteiger charge is -2.07. The van der Waals surface area contributed by atoms with Crippen molar-refractivity contribution in [3.05, 3.63) is 43.2 Å². The number of nitrogens with zero attached hydrogens (tertiary/aromatic N) is 8.